The quantitative estimate of drug-likeness (QED) is 0.450. The van der Waals surface area contributed by atoms with Crippen molar-refractivity contribution in [2.45, 2.75) is 13.8 Å². The number of hydrogen-bond acceptors (Lipinski definition) is 5. The van der Waals surface area contributed by atoms with Gasteiger partial charge in [0.2, 0.25) is 4.80 Å². The second-order valence-electron chi connectivity index (χ2n) is 6.07. The lowest BCUT2D eigenvalue weighted by molar-refractivity contribution is 0.355. The van der Waals surface area contributed by atoms with Gasteiger partial charge in [-0.15, -0.1) is 11.3 Å². The monoisotopic (exact) mass is 449 g/mol. The van der Waals surface area contributed by atoms with Crippen LogP contribution in [-0.2, 0) is 0 Å². The average Bonchev–Trinajstić information content (AvgIpc) is 3.12. The molecule has 0 fully saturated rings. The van der Waals surface area contributed by atoms with E-state index in [1.165, 1.54) is 11.3 Å². The Labute approximate surface area is 183 Å². The normalized spacial score (nSPS) is 12.3. The van der Waals surface area contributed by atoms with Gasteiger partial charge in [-0.05, 0) is 44.2 Å². The first kappa shape index (κ1) is 21.4. The minimum atomic E-state index is 0.497. The summed E-state index contributed by atoms with van der Waals surface area (Å²) in [4.78, 5) is 5.37. The number of thiazole rings is 1. The second-order valence-corrected chi connectivity index (χ2v) is 7.72. The van der Waals surface area contributed by atoms with Crippen molar-refractivity contribution in [3.05, 3.63) is 62.2 Å². The van der Waals surface area contributed by atoms with Gasteiger partial charge in [-0.1, -0.05) is 29.3 Å². The van der Waals surface area contributed by atoms with Gasteiger partial charge < -0.3 is 9.47 Å². The predicted molar refractivity (Wildman–Crippen MR) is 121 cm³/mol. The number of benzene rings is 2. The highest BCUT2D eigenvalue weighted by molar-refractivity contribution is 7.07. The molecule has 0 radical (unpaired) electrons. The molecule has 0 atom stereocenters. The number of ether oxygens (including phenoxy) is 2. The third-order valence-electron chi connectivity index (χ3n) is 4.25. The van der Waals surface area contributed by atoms with E-state index in [1.54, 1.807) is 20.3 Å². The standard InChI is InChI=1S/C21H21Cl2N3O2S/c1-5-24-21-26(18(12-29-21)15-6-8-16(22)17(23)10-15)25-13(2)14-7-9-19(27-3)20(11-14)28-4/h6-12H,5H2,1-4H3/b24-21?,25-13+. The van der Waals surface area contributed by atoms with Crippen molar-refractivity contribution in [1.29, 1.82) is 0 Å². The Morgan fingerprint density at radius 2 is 1.79 bits per heavy atom. The smallest absolute Gasteiger partial charge is 0.206 e. The molecule has 5 nitrogen and oxygen atoms in total. The Balaban J connectivity index is 2.13. The van der Waals surface area contributed by atoms with Crippen molar-refractivity contribution in [2.24, 2.45) is 10.1 Å². The molecule has 0 unspecified atom stereocenters. The number of aromatic nitrogens is 1. The zero-order chi connectivity index (χ0) is 21.0. The van der Waals surface area contributed by atoms with Crippen molar-refractivity contribution < 1.29 is 9.47 Å². The molecule has 3 rings (SSSR count). The lowest BCUT2D eigenvalue weighted by Gasteiger charge is -2.10. The van der Waals surface area contributed by atoms with Crippen LogP contribution in [0.25, 0.3) is 11.3 Å². The molecule has 3 aromatic rings. The first-order chi connectivity index (χ1) is 14.0. The third-order valence-corrected chi connectivity index (χ3v) is 5.84. The summed E-state index contributed by atoms with van der Waals surface area (Å²) in [6.07, 6.45) is 0. The van der Waals surface area contributed by atoms with Crippen LogP contribution < -0.4 is 14.3 Å². The molecule has 0 saturated carbocycles. The van der Waals surface area contributed by atoms with E-state index in [0.29, 0.717) is 28.1 Å². The van der Waals surface area contributed by atoms with Crippen molar-refractivity contribution >= 4 is 40.3 Å². The maximum absolute atomic E-state index is 6.22. The number of rotatable bonds is 6. The van der Waals surface area contributed by atoms with Gasteiger partial charge >= 0.3 is 0 Å². The van der Waals surface area contributed by atoms with Gasteiger partial charge in [-0.2, -0.15) is 5.10 Å². The molecular formula is C21H21Cl2N3O2S. The van der Waals surface area contributed by atoms with E-state index < -0.39 is 0 Å². The summed E-state index contributed by atoms with van der Waals surface area (Å²) in [6.45, 7) is 4.60. The Morgan fingerprint density at radius 3 is 2.45 bits per heavy atom. The van der Waals surface area contributed by atoms with Crippen LogP contribution in [0.3, 0.4) is 0 Å². The largest absolute Gasteiger partial charge is 0.493 e. The van der Waals surface area contributed by atoms with Crippen molar-refractivity contribution in [2.75, 3.05) is 20.8 Å². The van der Waals surface area contributed by atoms with Gasteiger partial charge in [0.1, 0.15) is 0 Å². The molecule has 152 valence electrons. The summed E-state index contributed by atoms with van der Waals surface area (Å²) in [5.74, 6) is 1.32. The highest BCUT2D eigenvalue weighted by Gasteiger charge is 2.12. The first-order valence-electron chi connectivity index (χ1n) is 8.93. The zero-order valence-electron chi connectivity index (χ0n) is 16.6. The number of methoxy groups -OCH3 is 2. The Hall–Kier alpha value is -2.28. The SMILES string of the molecule is CCN=c1scc(-c2ccc(Cl)c(Cl)c2)n1/N=C(\C)c1ccc(OC)c(OC)c1. The van der Waals surface area contributed by atoms with Crippen LogP contribution in [0.4, 0.5) is 0 Å². The van der Waals surface area contributed by atoms with Crippen LogP contribution in [0.5, 0.6) is 11.5 Å². The molecule has 0 aliphatic carbocycles. The minimum Gasteiger partial charge on any atom is -0.493 e. The van der Waals surface area contributed by atoms with E-state index in [1.807, 2.05) is 54.2 Å². The topological polar surface area (TPSA) is 48.1 Å². The fourth-order valence-electron chi connectivity index (χ4n) is 2.76. The second kappa shape index (κ2) is 9.48. The third kappa shape index (κ3) is 4.66. The summed E-state index contributed by atoms with van der Waals surface area (Å²) >= 11 is 13.8. The van der Waals surface area contributed by atoms with Gasteiger partial charge in [-0.3, -0.25) is 4.99 Å². The van der Waals surface area contributed by atoms with Gasteiger partial charge in [0, 0.05) is 23.1 Å². The summed E-state index contributed by atoms with van der Waals surface area (Å²) in [5.41, 5.74) is 3.53. The van der Waals surface area contributed by atoms with Crippen molar-refractivity contribution in [1.82, 2.24) is 4.68 Å². The molecule has 0 amide bonds. The molecule has 0 aliphatic heterocycles. The lowest BCUT2D eigenvalue weighted by atomic mass is 10.1. The molecule has 0 bridgehead atoms. The maximum atomic E-state index is 6.22. The van der Waals surface area contributed by atoms with Gasteiger partial charge in [0.15, 0.2) is 11.5 Å². The Kier molecular flexibility index (Phi) is 7.00. The zero-order valence-corrected chi connectivity index (χ0v) is 18.9. The first-order valence-corrected chi connectivity index (χ1v) is 10.6. The minimum absolute atomic E-state index is 0.497. The molecule has 0 N–H and O–H groups in total. The number of halogens is 2. The molecule has 0 saturated heterocycles. The van der Waals surface area contributed by atoms with Gasteiger partial charge in [-0.25, -0.2) is 4.68 Å². The van der Waals surface area contributed by atoms with E-state index in [-0.39, 0.29) is 0 Å². The number of hydrogen-bond donors (Lipinski definition) is 0. The van der Waals surface area contributed by atoms with E-state index in [2.05, 4.69) is 4.99 Å². The highest BCUT2D eigenvalue weighted by atomic mass is 35.5. The lowest BCUT2D eigenvalue weighted by Crippen LogP contribution is -2.14. The van der Waals surface area contributed by atoms with Crippen LogP contribution >= 0.6 is 34.5 Å². The molecule has 0 spiro atoms. The van der Waals surface area contributed by atoms with E-state index in [9.17, 15) is 0 Å². The van der Waals surface area contributed by atoms with E-state index in [4.69, 9.17) is 37.8 Å². The Bertz CT molecular complexity index is 1120. The maximum Gasteiger partial charge on any atom is 0.206 e. The van der Waals surface area contributed by atoms with Gasteiger partial charge in [0.05, 0.1) is 35.7 Å². The molecule has 1 aromatic heterocycles. The Morgan fingerprint density at radius 1 is 1.03 bits per heavy atom. The highest BCUT2D eigenvalue weighted by Crippen LogP contribution is 2.30. The summed E-state index contributed by atoms with van der Waals surface area (Å²) in [5, 5.41) is 7.87. The van der Waals surface area contributed by atoms with E-state index >= 15 is 0 Å². The van der Waals surface area contributed by atoms with Crippen LogP contribution in [-0.4, -0.2) is 31.2 Å². The average molecular weight is 450 g/mol. The fourth-order valence-corrected chi connectivity index (χ4v) is 3.96. The molecule has 29 heavy (non-hydrogen) atoms. The summed E-state index contributed by atoms with van der Waals surface area (Å²) in [6, 6.07) is 11.2. The number of nitrogens with zero attached hydrogens (tertiary/aromatic N) is 3. The molecular weight excluding hydrogens is 429 g/mol. The van der Waals surface area contributed by atoms with Crippen molar-refractivity contribution in [3.8, 4) is 22.8 Å². The molecule has 2 aromatic carbocycles. The van der Waals surface area contributed by atoms with Crippen LogP contribution in [0, 0.1) is 0 Å². The van der Waals surface area contributed by atoms with Crippen LogP contribution in [0.2, 0.25) is 10.0 Å². The van der Waals surface area contributed by atoms with Gasteiger partial charge in [0.25, 0.3) is 0 Å². The van der Waals surface area contributed by atoms with Crippen molar-refractivity contribution in [3.63, 3.8) is 0 Å². The van der Waals surface area contributed by atoms with Crippen LogP contribution in [0.15, 0.2) is 51.9 Å². The molecule has 8 heteroatoms. The molecule has 1 heterocycles. The summed E-state index contributed by atoms with van der Waals surface area (Å²) < 4.78 is 12.6. The molecule has 0 aliphatic rings. The predicted octanol–water partition coefficient (Wildman–Crippen LogP) is 5.73. The van der Waals surface area contributed by atoms with E-state index in [0.717, 1.165) is 27.3 Å². The van der Waals surface area contributed by atoms with Crippen LogP contribution in [0.1, 0.15) is 19.4 Å². The summed E-state index contributed by atoms with van der Waals surface area (Å²) in [7, 11) is 3.23. The fraction of sp³-hybridized carbons (Fsp3) is 0.238.